The van der Waals surface area contributed by atoms with Crippen molar-refractivity contribution in [3.05, 3.63) is 36.0 Å². The van der Waals surface area contributed by atoms with Gasteiger partial charge in [-0.2, -0.15) is 4.98 Å². The fourth-order valence-corrected chi connectivity index (χ4v) is 3.55. The van der Waals surface area contributed by atoms with E-state index in [9.17, 15) is 0 Å². The third-order valence-corrected chi connectivity index (χ3v) is 5.01. The average Bonchev–Trinajstić information content (AvgIpc) is 2.69. The average molecular weight is 371 g/mol. The maximum Gasteiger partial charge on any atom is 0.224 e. The summed E-state index contributed by atoms with van der Waals surface area (Å²) in [5.74, 6) is 1.41. The summed E-state index contributed by atoms with van der Waals surface area (Å²) in [6.45, 7) is 5.49. The predicted octanol–water partition coefficient (Wildman–Crippen LogP) is 1.64. The number of rotatable bonds is 8. The van der Waals surface area contributed by atoms with Crippen molar-refractivity contribution >= 4 is 11.8 Å². The van der Waals surface area contributed by atoms with Crippen molar-refractivity contribution in [2.45, 2.75) is 32.2 Å². The zero-order chi connectivity index (χ0) is 19.1. The summed E-state index contributed by atoms with van der Waals surface area (Å²) in [5.41, 5.74) is 2.30. The molecule has 3 heterocycles. The zero-order valence-electron chi connectivity index (χ0n) is 16.2. The first-order valence-electron chi connectivity index (χ1n) is 9.58. The summed E-state index contributed by atoms with van der Waals surface area (Å²) in [7, 11) is 1.91. The lowest BCUT2D eigenvalue weighted by atomic mass is 9.97. The van der Waals surface area contributed by atoms with E-state index in [0.29, 0.717) is 18.5 Å². The molecule has 8 nitrogen and oxygen atoms in total. The summed E-state index contributed by atoms with van der Waals surface area (Å²) in [4.78, 5) is 21.9. The van der Waals surface area contributed by atoms with Crippen molar-refractivity contribution < 1.29 is 5.11 Å². The molecule has 1 saturated heterocycles. The second-order valence-corrected chi connectivity index (χ2v) is 6.95. The van der Waals surface area contributed by atoms with Gasteiger partial charge in [-0.25, -0.2) is 15.0 Å². The van der Waals surface area contributed by atoms with Crippen molar-refractivity contribution in [3.63, 3.8) is 0 Å². The van der Waals surface area contributed by atoms with Gasteiger partial charge in [0.05, 0.1) is 18.3 Å². The molecular formula is C19H29N7O. The highest BCUT2D eigenvalue weighted by atomic mass is 16.3. The lowest BCUT2D eigenvalue weighted by Gasteiger charge is -2.35. The molecule has 1 fully saturated rings. The van der Waals surface area contributed by atoms with Crippen LogP contribution < -0.4 is 10.2 Å². The predicted molar refractivity (Wildman–Crippen MR) is 106 cm³/mol. The minimum Gasteiger partial charge on any atom is -0.395 e. The van der Waals surface area contributed by atoms with Gasteiger partial charge < -0.3 is 15.3 Å². The zero-order valence-corrected chi connectivity index (χ0v) is 16.2. The lowest BCUT2D eigenvalue weighted by molar-refractivity contribution is 0.151. The first-order valence-corrected chi connectivity index (χ1v) is 9.58. The molecule has 1 atom stereocenters. The molecular weight excluding hydrogens is 342 g/mol. The topological polar surface area (TPSA) is 90.3 Å². The van der Waals surface area contributed by atoms with E-state index in [1.165, 1.54) is 12.8 Å². The number of aliphatic hydroxyl groups excluding tert-OH is 1. The van der Waals surface area contributed by atoms with E-state index in [0.717, 1.165) is 43.1 Å². The van der Waals surface area contributed by atoms with Gasteiger partial charge in [0.25, 0.3) is 0 Å². The number of nitrogens with one attached hydrogen (secondary N) is 1. The normalized spacial score (nSPS) is 17.7. The minimum atomic E-state index is 0.0993. The largest absolute Gasteiger partial charge is 0.395 e. The van der Waals surface area contributed by atoms with Crippen molar-refractivity contribution in [2.24, 2.45) is 0 Å². The van der Waals surface area contributed by atoms with Gasteiger partial charge in [-0.1, -0.05) is 6.42 Å². The minimum absolute atomic E-state index is 0.0993. The first-order chi connectivity index (χ1) is 13.2. The molecule has 0 amide bonds. The molecule has 1 unspecified atom stereocenters. The summed E-state index contributed by atoms with van der Waals surface area (Å²) >= 11 is 0. The standard InChI is InChI=1S/C19H29N7O/c1-15-13-20-14-23-18(15)16-5-3-4-9-26(16)10-8-22-19-21-7-6-17(24-19)25(2)11-12-27/h6-7,13-14,16,27H,3-5,8-12H2,1-2H3,(H,21,22,24). The van der Waals surface area contributed by atoms with Gasteiger partial charge in [-0.15, -0.1) is 0 Å². The smallest absolute Gasteiger partial charge is 0.224 e. The van der Waals surface area contributed by atoms with E-state index >= 15 is 0 Å². The molecule has 146 valence electrons. The molecule has 0 aliphatic carbocycles. The Bertz CT molecular complexity index is 727. The van der Waals surface area contributed by atoms with Crippen molar-refractivity contribution in [2.75, 3.05) is 50.1 Å². The number of likely N-dealkylation sites (tertiary alicyclic amines) is 1. The molecule has 0 radical (unpaired) electrons. The fraction of sp³-hybridized carbons (Fsp3) is 0.579. The molecule has 2 aromatic rings. The van der Waals surface area contributed by atoms with Gasteiger partial charge in [0.15, 0.2) is 0 Å². The Labute approximate surface area is 160 Å². The molecule has 27 heavy (non-hydrogen) atoms. The molecule has 1 aliphatic rings. The van der Waals surface area contributed by atoms with Gasteiger partial charge in [0.1, 0.15) is 12.1 Å². The molecule has 0 bridgehead atoms. The van der Waals surface area contributed by atoms with Gasteiger partial charge >= 0.3 is 0 Å². The molecule has 2 N–H and O–H groups in total. The van der Waals surface area contributed by atoms with Crippen LogP contribution in [0.4, 0.5) is 11.8 Å². The van der Waals surface area contributed by atoms with E-state index < -0.39 is 0 Å². The molecule has 1 aliphatic heterocycles. The number of hydrogen-bond acceptors (Lipinski definition) is 8. The molecule has 3 rings (SSSR count). The molecule has 0 saturated carbocycles. The number of aromatic nitrogens is 4. The third-order valence-electron chi connectivity index (χ3n) is 5.01. The van der Waals surface area contributed by atoms with Crippen LogP contribution in [0, 0.1) is 6.92 Å². The van der Waals surface area contributed by atoms with E-state index in [2.05, 4.69) is 37.1 Å². The number of anilines is 2. The van der Waals surface area contributed by atoms with Crippen LogP contribution in [0.25, 0.3) is 0 Å². The second-order valence-electron chi connectivity index (χ2n) is 6.95. The highest BCUT2D eigenvalue weighted by Crippen LogP contribution is 2.30. The summed E-state index contributed by atoms with van der Waals surface area (Å²) in [6.07, 6.45) is 8.88. The molecule has 8 heteroatoms. The van der Waals surface area contributed by atoms with E-state index in [-0.39, 0.29) is 6.61 Å². The quantitative estimate of drug-likeness (QED) is 0.724. The Kier molecular flexibility index (Phi) is 6.89. The van der Waals surface area contributed by atoms with Crippen LogP contribution in [-0.4, -0.2) is 69.8 Å². The summed E-state index contributed by atoms with van der Waals surface area (Å²) in [5, 5.41) is 12.4. The Balaban J connectivity index is 1.59. The fourth-order valence-electron chi connectivity index (χ4n) is 3.55. The van der Waals surface area contributed by atoms with E-state index in [1.54, 1.807) is 12.5 Å². The lowest BCUT2D eigenvalue weighted by Crippen LogP contribution is -2.37. The summed E-state index contributed by atoms with van der Waals surface area (Å²) in [6, 6.07) is 2.20. The van der Waals surface area contributed by atoms with E-state index in [4.69, 9.17) is 5.11 Å². The Morgan fingerprint density at radius 1 is 1.33 bits per heavy atom. The number of piperidine rings is 1. The van der Waals surface area contributed by atoms with Crippen molar-refractivity contribution in [1.29, 1.82) is 0 Å². The number of likely N-dealkylation sites (N-methyl/N-ethyl adjacent to an activating group) is 1. The van der Waals surface area contributed by atoms with Crippen molar-refractivity contribution in [1.82, 2.24) is 24.8 Å². The third kappa shape index (κ3) is 5.11. The molecule has 0 spiro atoms. The number of nitrogens with zero attached hydrogens (tertiary/aromatic N) is 6. The van der Waals surface area contributed by atoms with Crippen LogP contribution >= 0.6 is 0 Å². The second kappa shape index (κ2) is 9.57. The van der Waals surface area contributed by atoms with Crippen LogP contribution in [0.5, 0.6) is 0 Å². The van der Waals surface area contributed by atoms with Gasteiger partial charge in [0, 0.05) is 39.1 Å². The van der Waals surface area contributed by atoms with Gasteiger partial charge in [-0.3, -0.25) is 4.90 Å². The van der Waals surface area contributed by atoms with Crippen LogP contribution in [0.1, 0.15) is 36.6 Å². The monoisotopic (exact) mass is 371 g/mol. The van der Waals surface area contributed by atoms with Crippen LogP contribution in [0.15, 0.2) is 24.8 Å². The molecule has 0 aromatic carbocycles. The van der Waals surface area contributed by atoms with Crippen LogP contribution in [0.2, 0.25) is 0 Å². The maximum atomic E-state index is 9.08. The Morgan fingerprint density at radius 3 is 3.04 bits per heavy atom. The first kappa shape index (κ1) is 19.4. The number of hydrogen-bond donors (Lipinski definition) is 2. The summed E-state index contributed by atoms with van der Waals surface area (Å²) < 4.78 is 0. The SMILES string of the molecule is Cc1cncnc1C1CCCCN1CCNc1nccc(N(C)CCO)n1. The highest BCUT2D eigenvalue weighted by molar-refractivity contribution is 5.41. The van der Waals surface area contributed by atoms with E-state index in [1.807, 2.05) is 24.2 Å². The molecule has 2 aromatic heterocycles. The Hall–Kier alpha value is -2.32. The maximum absolute atomic E-state index is 9.08. The van der Waals surface area contributed by atoms with Crippen LogP contribution in [-0.2, 0) is 0 Å². The highest BCUT2D eigenvalue weighted by Gasteiger charge is 2.25. The number of aliphatic hydroxyl groups is 1. The van der Waals surface area contributed by atoms with Gasteiger partial charge in [-0.05, 0) is 37.9 Å². The number of aryl methyl sites for hydroxylation is 1. The van der Waals surface area contributed by atoms with Gasteiger partial charge in [0.2, 0.25) is 5.95 Å². The Morgan fingerprint density at radius 2 is 2.22 bits per heavy atom. The van der Waals surface area contributed by atoms with Crippen LogP contribution in [0.3, 0.4) is 0 Å². The van der Waals surface area contributed by atoms with Crippen molar-refractivity contribution in [3.8, 4) is 0 Å².